The van der Waals surface area contributed by atoms with E-state index in [1.807, 2.05) is 12.1 Å². The molecule has 0 atom stereocenters. The Morgan fingerprint density at radius 2 is 1.89 bits per heavy atom. The highest BCUT2D eigenvalue weighted by Crippen LogP contribution is 2.22. The molecule has 0 bridgehead atoms. The molecule has 2 nitrogen and oxygen atoms in total. The SMILES string of the molecule is Cc1cccc(OCc2cn(C)c3ccccc23)c1. The van der Waals surface area contributed by atoms with Crippen LogP contribution < -0.4 is 4.74 Å². The summed E-state index contributed by atoms with van der Waals surface area (Å²) in [5.41, 5.74) is 3.68. The summed E-state index contributed by atoms with van der Waals surface area (Å²) < 4.78 is 8.02. The zero-order valence-corrected chi connectivity index (χ0v) is 11.3. The largest absolute Gasteiger partial charge is 0.489 e. The maximum absolute atomic E-state index is 5.88. The summed E-state index contributed by atoms with van der Waals surface area (Å²) in [6.07, 6.45) is 2.14. The third kappa shape index (κ3) is 2.34. The highest BCUT2D eigenvalue weighted by Gasteiger charge is 2.06. The fourth-order valence-corrected chi connectivity index (χ4v) is 2.41. The van der Waals surface area contributed by atoms with Gasteiger partial charge in [-0.15, -0.1) is 0 Å². The molecule has 3 rings (SSSR count). The number of hydrogen-bond acceptors (Lipinski definition) is 1. The van der Waals surface area contributed by atoms with Crippen molar-refractivity contribution in [2.75, 3.05) is 0 Å². The molecule has 0 saturated carbocycles. The number of aromatic nitrogens is 1. The number of aryl methyl sites for hydroxylation is 2. The van der Waals surface area contributed by atoms with Crippen molar-refractivity contribution in [3.05, 3.63) is 65.9 Å². The van der Waals surface area contributed by atoms with Gasteiger partial charge in [0.1, 0.15) is 12.4 Å². The molecule has 19 heavy (non-hydrogen) atoms. The van der Waals surface area contributed by atoms with Crippen LogP contribution >= 0.6 is 0 Å². The summed E-state index contributed by atoms with van der Waals surface area (Å²) in [6, 6.07) is 16.6. The van der Waals surface area contributed by atoms with Gasteiger partial charge >= 0.3 is 0 Å². The Hall–Kier alpha value is -2.22. The first kappa shape index (κ1) is 11.8. The van der Waals surface area contributed by atoms with E-state index in [0.717, 1.165) is 5.75 Å². The molecule has 0 saturated heterocycles. The van der Waals surface area contributed by atoms with Gasteiger partial charge in [0.15, 0.2) is 0 Å². The van der Waals surface area contributed by atoms with Crippen molar-refractivity contribution >= 4 is 10.9 Å². The predicted molar refractivity (Wildman–Crippen MR) is 78.4 cm³/mol. The number of para-hydroxylation sites is 1. The molecule has 1 aromatic heterocycles. The van der Waals surface area contributed by atoms with Gasteiger partial charge in [-0.1, -0.05) is 30.3 Å². The molecule has 0 amide bonds. The van der Waals surface area contributed by atoms with Gasteiger partial charge in [-0.05, 0) is 30.7 Å². The van der Waals surface area contributed by atoms with E-state index in [-0.39, 0.29) is 0 Å². The Bertz CT molecular complexity index is 712. The summed E-state index contributed by atoms with van der Waals surface area (Å²) >= 11 is 0. The van der Waals surface area contributed by atoms with Crippen LogP contribution in [0.3, 0.4) is 0 Å². The van der Waals surface area contributed by atoms with Crippen molar-refractivity contribution in [1.29, 1.82) is 0 Å². The molecule has 0 radical (unpaired) electrons. The number of nitrogens with zero attached hydrogens (tertiary/aromatic N) is 1. The van der Waals surface area contributed by atoms with Crippen LogP contribution in [0.25, 0.3) is 10.9 Å². The normalized spacial score (nSPS) is 10.8. The summed E-state index contributed by atoms with van der Waals surface area (Å²) in [4.78, 5) is 0. The second-order valence-corrected chi connectivity index (χ2v) is 4.89. The molecular formula is C17H17NO. The third-order valence-corrected chi connectivity index (χ3v) is 3.36. The summed E-state index contributed by atoms with van der Waals surface area (Å²) in [7, 11) is 2.07. The minimum atomic E-state index is 0.602. The van der Waals surface area contributed by atoms with Crippen LogP contribution in [0, 0.1) is 6.92 Å². The maximum Gasteiger partial charge on any atom is 0.120 e. The van der Waals surface area contributed by atoms with E-state index < -0.39 is 0 Å². The topological polar surface area (TPSA) is 14.2 Å². The van der Waals surface area contributed by atoms with Crippen molar-refractivity contribution in [3.63, 3.8) is 0 Å². The Morgan fingerprint density at radius 1 is 1.05 bits per heavy atom. The number of benzene rings is 2. The van der Waals surface area contributed by atoms with Gasteiger partial charge in [-0.3, -0.25) is 0 Å². The Morgan fingerprint density at radius 3 is 2.74 bits per heavy atom. The first-order valence-electron chi connectivity index (χ1n) is 6.46. The van der Waals surface area contributed by atoms with Crippen molar-refractivity contribution in [2.24, 2.45) is 7.05 Å². The van der Waals surface area contributed by atoms with Crippen LogP contribution in [-0.4, -0.2) is 4.57 Å². The van der Waals surface area contributed by atoms with Gasteiger partial charge in [0.25, 0.3) is 0 Å². The Balaban J connectivity index is 1.86. The van der Waals surface area contributed by atoms with Crippen molar-refractivity contribution in [3.8, 4) is 5.75 Å². The molecule has 2 aromatic carbocycles. The summed E-state index contributed by atoms with van der Waals surface area (Å²) in [6.45, 7) is 2.68. The lowest BCUT2D eigenvalue weighted by Crippen LogP contribution is -1.94. The average molecular weight is 251 g/mol. The van der Waals surface area contributed by atoms with E-state index in [1.165, 1.54) is 22.0 Å². The van der Waals surface area contributed by atoms with Crippen molar-refractivity contribution < 1.29 is 4.74 Å². The Labute approximate surface area is 113 Å². The van der Waals surface area contributed by atoms with Gasteiger partial charge in [0.2, 0.25) is 0 Å². The molecule has 0 aliphatic heterocycles. The van der Waals surface area contributed by atoms with Gasteiger partial charge < -0.3 is 9.30 Å². The van der Waals surface area contributed by atoms with E-state index in [4.69, 9.17) is 4.74 Å². The van der Waals surface area contributed by atoms with Crippen molar-refractivity contribution in [2.45, 2.75) is 13.5 Å². The smallest absolute Gasteiger partial charge is 0.120 e. The monoisotopic (exact) mass is 251 g/mol. The van der Waals surface area contributed by atoms with E-state index >= 15 is 0 Å². The lowest BCUT2D eigenvalue weighted by Gasteiger charge is -2.06. The molecule has 0 aliphatic carbocycles. The number of rotatable bonds is 3. The van der Waals surface area contributed by atoms with Gasteiger partial charge in [0, 0.05) is 29.7 Å². The lowest BCUT2D eigenvalue weighted by atomic mass is 10.2. The van der Waals surface area contributed by atoms with Crippen LogP contribution in [0.5, 0.6) is 5.75 Å². The zero-order valence-electron chi connectivity index (χ0n) is 11.3. The second kappa shape index (κ2) is 4.81. The highest BCUT2D eigenvalue weighted by atomic mass is 16.5. The molecule has 0 fully saturated rings. The first-order valence-corrected chi connectivity index (χ1v) is 6.46. The van der Waals surface area contributed by atoms with Crippen LogP contribution in [0.4, 0.5) is 0 Å². The molecular weight excluding hydrogens is 234 g/mol. The van der Waals surface area contributed by atoms with Gasteiger partial charge in [0.05, 0.1) is 0 Å². The highest BCUT2D eigenvalue weighted by molar-refractivity contribution is 5.83. The lowest BCUT2D eigenvalue weighted by molar-refractivity contribution is 0.307. The molecule has 0 spiro atoms. The molecule has 3 aromatic rings. The first-order chi connectivity index (χ1) is 9.24. The quantitative estimate of drug-likeness (QED) is 0.684. The fourth-order valence-electron chi connectivity index (χ4n) is 2.41. The van der Waals surface area contributed by atoms with Crippen LogP contribution in [0.15, 0.2) is 54.7 Å². The number of ether oxygens (including phenoxy) is 1. The average Bonchev–Trinajstić information content (AvgIpc) is 2.74. The van der Waals surface area contributed by atoms with E-state index in [9.17, 15) is 0 Å². The number of hydrogen-bond donors (Lipinski definition) is 0. The van der Waals surface area contributed by atoms with Gasteiger partial charge in [-0.25, -0.2) is 0 Å². The van der Waals surface area contributed by atoms with Gasteiger partial charge in [-0.2, -0.15) is 0 Å². The fraction of sp³-hybridized carbons (Fsp3) is 0.176. The van der Waals surface area contributed by atoms with Crippen LogP contribution in [0.1, 0.15) is 11.1 Å². The minimum absolute atomic E-state index is 0.602. The van der Waals surface area contributed by atoms with E-state index in [2.05, 4.69) is 61.1 Å². The van der Waals surface area contributed by atoms with Crippen LogP contribution in [0.2, 0.25) is 0 Å². The third-order valence-electron chi connectivity index (χ3n) is 3.36. The molecule has 0 unspecified atom stereocenters. The molecule has 0 N–H and O–H groups in total. The number of fused-ring (bicyclic) bond motifs is 1. The zero-order chi connectivity index (χ0) is 13.2. The second-order valence-electron chi connectivity index (χ2n) is 4.89. The molecule has 2 heteroatoms. The maximum atomic E-state index is 5.88. The van der Waals surface area contributed by atoms with E-state index in [0.29, 0.717) is 6.61 Å². The standard InChI is InChI=1S/C17H17NO/c1-13-6-5-7-15(10-13)19-12-14-11-18(2)17-9-4-3-8-16(14)17/h3-11H,12H2,1-2H3. The summed E-state index contributed by atoms with van der Waals surface area (Å²) in [5.74, 6) is 0.924. The molecule has 96 valence electrons. The Kier molecular flexibility index (Phi) is 3.00. The van der Waals surface area contributed by atoms with Crippen molar-refractivity contribution in [1.82, 2.24) is 4.57 Å². The van der Waals surface area contributed by atoms with E-state index in [1.54, 1.807) is 0 Å². The molecule has 1 heterocycles. The molecule has 0 aliphatic rings. The summed E-state index contributed by atoms with van der Waals surface area (Å²) in [5, 5.41) is 1.26. The predicted octanol–water partition coefficient (Wildman–Crippen LogP) is 4.07. The van der Waals surface area contributed by atoms with Crippen LogP contribution in [-0.2, 0) is 13.7 Å². The minimum Gasteiger partial charge on any atom is -0.489 e.